The van der Waals surface area contributed by atoms with Gasteiger partial charge in [-0.25, -0.2) is 0 Å². The van der Waals surface area contributed by atoms with E-state index in [2.05, 4.69) is 26.1 Å². The maximum atomic E-state index is 11.3. The van der Waals surface area contributed by atoms with Gasteiger partial charge in [-0.15, -0.1) is 11.6 Å². The van der Waals surface area contributed by atoms with Crippen LogP contribution in [-0.4, -0.2) is 5.91 Å². The third-order valence-electron chi connectivity index (χ3n) is 3.66. The van der Waals surface area contributed by atoms with Gasteiger partial charge in [-0.2, -0.15) is 0 Å². The lowest BCUT2D eigenvalue weighted by atomic mass is 9.89. The normalized spacial score (nSPS) is 17.6. The summed E-state index contributed by atoms with van der Waals surface area (Å²) in [5.41, 5.74) is 2.73. The average Bonchev–Trinajstić information content (AvgIpc) is 2.65. The summed E-state index contributed by atoms with van der Waals surface area (Å²) in [6, 6.07) is 3.77. The van der Waals surface area contributed by atoms with E-state index in [-0.39, 0.29) is 11.3 Å². The van der Waals surface area contributed by atoms with Gasteiger partial charge < -0.3 is 5.32 Å². The summed E-state index contributed by atoms with van der Waals surface area (Å²) in [5, 5.41) is 3.29. The van der Waals surface area contributed by atoms with Crippen LogP contribution < -0.4 is 5.32 Å². The first-order chi connectivity index (χ1) is 8.40. The lowest BCUT2D eigenvalue weighted by Crippen LogP contribution is -2.11. The van der Waals surface area contributed by atoms with Crippen molar-refractivity contribution in [2.45, 2.75) is 32.6 Å². The fourth-order valence-electron chi connectivity index (χ4n) is 2.10. The summed E-state index contributed by atoms with van der Waals surface area (Å²) < 4.78 is 0. The number of amides is 1. The van der Waals surface area contributed by atoms with Crippen LogP contribution in [0, 0.1) is 11.8 Å². The summed E-state index contributed by atoms with van der Waals surface area (Å²) in [6.45, 7) is 6.41. The molecule has 0 aliphatic carbocycles. The van der Waals surface area contributed by atoms with Crippen molar-refractivity contribution in [2.75, 3.05) is 5.32 Å². The van der Waals surface area contributed by atoms with E-state index >= 15 is 0 Å². The molecule has 0 bridgehead atoms. The zero-order chi connectivity index (χ0) is 13.4. The molecule has 1 aromatic carbocycles. The number of rotatable bonds is 3. The van der Waals surface area contributed by atoms with Gasteiger partial charge in [0.15, 0.2) is 0 Å². The molecule has 1 aromatic rings. The fraction of sp³-hybridized carbons (Fsp3) is 0.500. The monoisotopic (exact) mass is 285 g/mol. The van der Waals surface area contributed by atoms with Gasteiger partial charge in [0.2, 0.25) is 5.91 Å². The summed E-state index contributed by atoms with van der Waals surface area (Å²) >= 11 is 12.8. The van der Waals surface area contributed by atoms with Crippen molar-refractivity contribution < 1.29 is 4.79 Å². The average molecular weight is 286 g/mol. The molecule has 0 saturated carbocycles. The second-order valence-electron chi connectivity index (χ2n) is 5.26. The van der Waals surface area contributed by atoms with E-state index in [0.29, 0.717) is 23.3 Å². The fourth-order valence-corrected chi connectivity index (χ4v) is 2.91. The van der Waals surface area contributed by atoms with Gasteiger partial charge in [-0.1, -0.05) is 38.4 Å². The van der Waals surface area contributed by atoms with Crippen molar-refractivity contribution in [2.24, 2.45) is 11.8 Å². The maximum Gasteiger partial charge on any atom is 0.228 e. The number of fused-ring (bicyclic) bond motifs is 1. The third kappa shape index (κ3) is 2.50. The number of hydrogen-bond acceptors (Lipinski definition) is 1. The quantitative estimate of drug-likeness (QED) is 0.819. The molecule has 1 heterocycles. The highest BCUT2D eigenvalue weighted by Crippen LogP contribution is 2.40. The second-order valence-corrected chi connectivity index (χ2v) is 6.14. The van der Waals surface area contributed by atoms with E-state index < -0.39 is 0 Å². The van der Waals surface area contributed by atoms with E-state index in [1.54, 1.807) is 6.07 Å². The number of hydrogen-bond donors (Lipinski definition) is 1. The second kappa shape index (κ2) is 5.10. The molecular formula is C14H17Cl2NO. The molecule has 1 aliphatic heterocycles. The van der Waals surface area contributed by atoms with Crippen LogP contribution in [0.1, 0.15) is 37.3 Å². The summed E-state index contributed by atoms with van der Waals surface area (Å²) in [7, 11) is 0. The molecule has 0 spiro atoms. The summed E-state index contributed by atoms with van der Waals surface area (Å²) in [6.07, 6.45) is 0.416. The van der Waals surface area contributed by atoms with E-state index in [1.165, 1.54) is 0 Å². The first kappa shape index (κ1) is 13.7. The molecule has 18 heavy (non-hydrogen) atoms. The Hall–Kier alpha value is -0.730. The Morgan fingerprint density at radius 3 is 2.56 bits per heavy atom. The number of carbonyl (C=O) groups excluding carboxylic acids is 1. The predicted molar refractivity (Wildman–Crippen MR) is 76.4 cm³/mol. The van der Waals surface area contributed by atoms with Crippen molar-refractivity contribution in [3.63, 3.8) is 0 Å². The van der Waals surface area contributed by atoms with E-state index in [0.717, 1.165) is 16.8 Å². The summed E-state index contributed by atoms with van der Waals surface area (Å²) in [4.78, 5) is 11.3. The van der Waals surface area contributed by atoms with Crippen molar-refractivity contribution in [3.05, 3.63) is 28.3 Å². The molecule has 1 N–H and O–H groups in total. The number of alkyl halides is 1. The van der Waals surface area contributed by atoms with Gasteiger partial charge in [0.05, 0.1) is 11.8 Å². The lowest BCUT2D eigenvalue weighted by molar-refractivity contribution is -0.115. The van der Waals surface area contributed by atoms with Gasteiger partial charge in [-0.3, -0.25) is 4.79 Å². The largest absolute Gasteiger partial charge is 0.325 e. The zero-order valence-corrected chi connectivity index (χ0v) is 12.3. The third-order valence-corrected chi connectivity index (χ3v) is 4.62. The molecule has 98 valence electrons. The van der Waals surface area contributed by atoms with Gasteiger partial charge in [-0.05, 0) is 29.0 Å². The standard InChI is InChI=1S/C14H17Cl2NO/c1-7(2)8(3)14(16)10-4-9-5-13(18)17-12(9)6-11(10)15/h4,6-8,14H,5H2,1-3H3,(H,17,18). The molecule has 2 nitrogen and oxygen atoms in total. The van der Waals surface area contributed by atoms with Crippen LogP contribution in [0.3, 0.4) is 0 Å². The number of nitrogens with one attached hydrogen (secondary N) is 1. The Labute approximate surface area is 118 Å². The molecule has 2 unspecified atom stereocenters. The van der Waals surface area contributed by atoms with Crippen LogP contribution >= 0.6 is 23.2 Å². The van der Waals surface area contributed by atoms with Crippen molar-refractivity contribution in [1.29, 1.82) is 0 Å². The maximum absolute atomic E-state index is 11.3. The molecule has 0 aromatic heterocycles. The van der Waals surface area contributed by atoms with Gasteiger partial charge in [0.25, 0.3) is 0 Å². The zero-order valence-electron chi connectivity index (χ0n) is 10.8. The minimum atomic E-state index is -0.126. The molecule has 4 heteroatoms. The number of anilines is 1. The highest BCUT2D eigenvalue weighted by molar-refractivity contribution is 6.33. The van der Waals surface area contributed by atoms with Gasteiger partial charge >= 0.3 is 0 Å². The Morgan fingerprint density at radius 2 is 1.94 bits per heavy atom. The Morgan fingerprint density at radius 1 is 1.28 bits per heavy atom. The van der Waals surface area contributed by atoms with Gasteiger partial charge in [0, 0.05) is 10.7 Å². The molecular weight excluding hydrogens is 269 g/mol. The summed E-state index contributed by atoms with van der Waals surface area (Å²) in [5.74, 6) is 0.824. The number of halogens is 2. The van der Waals surface area contributed by atoms with E-state index in [4.69, 9.17) is 23.2 Å². The first-order valence-corrected chi connectivity index (χ1v) is 6.97. The van der Waals surface area contributed by atoms with E-state index in [1.807, 2.05) is 6.07 Å². The number of carbonyl (C=O) groups is 1. The van der Waals surface area contributed by atoms with Gasteiger partial charge in [0.1, 0.15) is 0 Å². The van der Waals surface area contributed by atoms with Crippen LogP contribution in [-0.2, 0) is 11.2 Å². The van der Waals surface area contributed by atoms with E-state index in [9.17, 15) is 4.79 Å². The van der Waals surface area contributed by atoms with Crippen molar-refractivity contribution >= 4 is 34.8 Å². The minimum absolute atomic E-state index is 0.0150. The highest BCUT2D eigenvalue weighted by Gasteiger charge is 2.25. The highest BCUT2D eigenvalue weighted by atomic mass is 35.5. The SMILES string of the molecule is CC(C)C(C)C(Cl)c1cc2c(cc1Cl)NC(=O)C2. The number of benzene rings is 1. The van der Waals surface area contributed by atoms with Crippen LogP contribution in [0.5, 0.6) is 0 Å². The van der Waals surface area contributed by atoms with Crippen LogP contribution in [0.4, 0.5) is 5.69 Å². The molecule has 1 amide bonds. The minimum Gasteiger partial charge on any atom is -0.325 e. The molecule has 0 fully saturated rings. The Kier molecular flexibility index (Phi) is 3.88. The Balaban J connectivity index is 2.35. The molecule has 2 rings (SSSR count). The molecule has 2 atom stereocenters. The van der Waals surface area contributed by atoms with Crippen LogP contribution in [0.25, 0.3) is 0 Å². The smallest absolute Gasteiger partial charge is 0.228 e. The van der Waals surface area contributed by atoms with Crippen LogP contribution in [0.2, 0.25) is 5.02 Å². The molecule has 0 saturated heterocycles. The topological polar surface area (TPSA) is 29.1 Å². The van der Waals surface area contributed by atoms with Crippen molar-refractivity contribution in [1.82, 2.24) is 0 Å². The lowest BCUT2D eigenvalue weighted by Gasteiger charge is -2.23. The predicted octanol–water partition coefficient (Wildman–Crippen LogP) is 4.41. The molecule has 1 aliphatic rings. The van der Waals surface area contributed by atoms with Crippen molar-refractivity contribution in [3.8, 4) is 0 Å². The first-order valence-electron chi connectivity index (χ1n) is 6.16. The molecule has 0 radical (unpaired) electrons. The van der Waals surface area contributed by atoms with Crippen LogP contribution in [0.15, 0.2) is 12.1 Å². The Bertz CT molecular complexity index is 485.